The van der Waals surface area contributed by atoms with E-state index < -0.39 is 16.6 Å². The van der Waals surface area contributed by atoms with Gasteiger partial charge in [-0.25, -0.2) is 4.79 Å². The highest BCUT2D eigenvalue weighted by molar-refractivity contribution is 9.10. The quantitative estimate of drug-likeness (QED) is 0.669. The first-order valence-electron chi connectivity index (χ1n) is 6.00. The Balaban J connectivity index is 2.82. The number of carbonyl (C=O) groups is 1. The van der Waals surface area contributed by atoms with Gasteiger partial charge in [-0.15, -0.1) is 0 Å². The highest BCUT2D eigenvalue weighted by Gasteiger charge is 2.17. The first kappa shape index (κ1) is 16.4. The molecule has 1 N–H and O–H groups in total. The van der Waals surface area contributed by atoms with Gasteiger partial charge in [-0.2, -0.15) is 0 Å². The molecule has 1 aromatic rings. The van der Waals surface area contributed by atoms with Gasteiger partial charge in [0.15, 0.2) is 0 Å². The smallest absolute Gasteiger partial charge is 0.407 e. The number of aryl methyl sites for hydroxylation is 1. The van der Waals surface area contributed by atoms with Crippen molar-refractivity contribution in [2.45, 2.75) is 39.8 Å². The van der Waals surface area contributed by atoms with Crippen LogP contribution in [0, 0.1) is 17.0 Å². The van der Waals surface area contributed by atoms with Crippen LogP contribution in [0.5, 0.6) is 0 Å². The van der Waals surface area contributed by atoms with Crippen LogP contribution in [0.1, 0.15) is 31.9 Å². The molecule has 0 bridgehead atoms. The lowest BCUT2D eigenvalue weighted by Crippen LogP contribution is -2.32. The van der Waals surface area contributed by atoms with Gasteiger partial charge < -0.3 is 10.1 Å². The Labute approximate surface area is 125 Å². The third-order valence-electron chi connectivity index (χ3n) is 2.35. The van der Waals surface area contributed by atoms with E-state index in [9.17, 15) is 14.9 Å². The lowest BCUT2D eigenvalue weighted by atomic mass is 10.1. The summed E-state index contributed by atoms with van der Waals surface area (Å²) in [5, 5.41) is 13.4. The largest absolute Gasteiger partial charge is 0.444 e. The minimum Gasteiger partial charge on any atom is -0.444 e. The number of nitrogens with zero attached hydrogens (tertiary/aromatic N) is 1. The van der Waals surface area contributed by atoms with E-state index in [1.165, 1.54) is 12.1 Å². The Morgan fingerprint density at radius 3 is 2.55 bits per heavy atom. The van der Waals surface area contributed by atoms with E-state index >= 15 is 0 Å². The number of carbonyl (C=O) groups excluding carboxylic acids is 1. The van der Waals surface area contributed by atoms with Crippen molar-refractivity contribution in [3.05, 3.63) is 37.8 Å². The molecule has 1 amide bonds. The molecule has 110 valence electrons. The van der Waals surface area contributed by atoms with E-state index in [4.69, 9.17) is 4.74 Å². The lowest BCUT2D eigenvalue weighted by molar-refractivity contribution is -0.385. The first-order chi connectivity index (χ1) is 9.10. The first-order valence-corrected chi connectivity index (χ1v) is 6.79. The molecule has 1 rings (SSSR count). The van der Waals surface area contributed by atoms with Gasteiger partial charge in [-0.05, 0) is 38.8 Å². The van der Waals surface area contributed by atoms with Crippen molar-refractivity contribution < 1.29 is 14.5 Å². The summed E-state index contributed by atoms with van der Waals surface area (Å²) in [7, 11) is 0. The summed E-state index contributed by atoms with van der Waals surface area (Å²) in [5.41, 5.74) is 0.773. The van der Waals surface area contributed by atoms with Crippen molar-refractivity contribution in [2.75, 3.05) is 0 Å². The zero-order valence-corrected chi connectivity index (χ0v) is 13.4. The summed E-state index contributed by atoms with van der Waals surface area (Å²) in [6.45, 7) is 7.20. The standard InChI is InChI=1S/C13H17BrN2O4/c1-8-5-10(16(18)19)6-9(11(8)14)7-15-12(17)20-13(2,3)4/h5-6H,7H2,1-4H3,(H,15,17). The van der Waals surface area contributed by atoms with Gasteiger partial charge in [0.2, 0.25) is 0 Å². The fourth-order valence-corrected chi connectivity index (χ4v) is 1.91. The Morgan fingerprint density at radius 2 is 2.05 bits per heavy atom. The number of nitro groups is 1. The third-order valence-corrected chi connectivity index (χ3v) is 3.48. The number of ether oxygens (including phenoxy) is 1. The van der Waals surface area contributed by atoms with E-state index in [0.717, 1.165) is 10.0 Å². The summed E-state index contributed by atoms with van der Waals surface area (Å²) >= 11 is 3.36. The van der Waals surface area contributed by atoms with Gasteiger partial charge in [0.25, 0.3) is 5.69 Å². The van der Waals surface area contributed by atoms with Crippen molar-refractivity contribution in [2.24, 2.45) is 0 Å². The Kier molecular flexibility index (Phi) is 5.10. The number of halogens is 1. The third kappa shape index (κ3) is 4.80. The molecule has 6 nitrogen and oxygen atoms in total. The van der Waals surface area contributed by atoms with Gasteiger partial charge in [0, 0.05) is 23.2 Å². The van der Waals surface area contributed by atoms with Gasteiger partial charge in [0.1, 0.15) is 5.60 Å². The van der Waals surface area contributed by atoms with Gasteiger partial charge >= 0.3 is 6.09 Å². The number of non-ortho nitro benzene ring substituents is 1. The normalized spacial score (nSPS) is 11.1. The average molecular weight is 345 g/mol. The van der Waals surface area contributed by atoms with Crippen LogP contribution in [-0.4, -0.2) is 16.6 Å². The van der Waals surface area contributed by atoms with Crippen molar-refractivity contribution in [3.8, 4) is 0 Å². The predicted octanol–water partition coefficient (Wildman–Crippen LogP) is 3.69. The lowest BCUT2D eigenvalue weighted by Gasteiger charge is -2.20. The molecule has 0 atom stereocenters. The molecular formula is C13H17BrN2O4. The van der Waals surface area contributed by atoms with Crippen LogP contribution in [0.3, 0.4) is 0 Å². The Bertz CT molecular complexity index is 538. The topological polar surface area (TPSA) is 81.5 Å². The summed E-state index contributed by atoms with van der Waals surface area (Å²) in [4.78, 5) is 21.9. The van der Waals surface area contributed by atoms with E-state index in [-0.39, 0.29) is 12.2 Å². The molecule has 20 heavy (non-hydrogen) atoms. The predicted molar refractivity (Wildman–Crippen MR) is 78.6 cm³/mol. The van der Waals surface area contributed by atoms with E-state index in [2.05, 4.69) is 21.2 Å². The fraction of sp³-hybridized carbons (Fsp3) is 0.462. The molecule has 0 fully saturated rings. The highest BCUT2D eigenvalue weighted by Crippen LogP contribution is 2.27. The van der Waals surface area contributed by atoms with Crippen LogP contribution in [0.4, 0.5) is 10.5 Å². The van der Waals surface area contributed by atoms with Crippen LogP contribution < -0.4 is 5.32 Å². The second kappa shape index (κ2) is 6.21. The minimum absolute atomic E-state index is 0.00770. The molecule has 0 aliphatic rings. The van der Waals surface area contributed by atoms with Crippen molar-refractivity contribution in [1.82, 2.24) is 5.32 Å². The molecular weight excluding hydrogens is 328 g/mol. The number of rotatable bonds is 3. The van der Waals surface area contributed by atoms with E-state index in [1.54, 1.807) is 27.7 Å². The van der Waals surface area contributed by atoms with Gasteiger partial charge in [-0.1, -0.05) is 15.9 Å². The van der Waals surface area contributed by atoms with Crippen molar-refractivity contribution >= 4 is 27.7 Å². The number of nitro benzene ring substituents is 1. The maximum Gasteiger partial charge on any atom is 0.407 e. The number of alkyl carbamates (subject to hydrolysis) is 1. The Morgan fingerprint density at radius 1 is 1.45 bits per heavy atom. The van der Waals surface area contributed by atoms with Crippen LogP contribution in [0.2, 0.25) is 0 Å². The summed E-state index contributed by atoms with van der Waals surface area (Å²) in [6, 6.07) is 2.90. The number of hydrogen-bond donors (Lipinski definition) is 1. The van der Waals surface area contributed by atoms with Crippen LogP contribution >= 0.6 is 15.9 Å². The molecule has 0 aliphatic heterocycles. The zero-order chi connectivity index (χ0) is 15.5. The Hall–Kier alpha value is -1.63. The molecule has 0 heterocycles. The molecule has 0 radical (unpaired) electrons. The summed E-state index contributed by atoms with van der Waals surface area (Å²) in [6.07, 6.45) is -0.562. The van der Waals surface area contributed by atoms with Crippen molar-refractivity contribution in [3.63, 3.8) is 0 Å². The molecule has 0 saturated carbocycles. The summed E-state index contributed by atoms with van der Waals surface area (Å²) in [5.74, 6) is 0. The number of nitrogens with one attached hydrogen (secondary N) is 1. The van der Waals surface area contributed by atoms with Gasteiger partial charge in [-0.3, -0.25) is 10.1 Å². The van der Waals surface area contributed by atoms with E-state index in [0.29, 0.717) is 5.56 Å². The monoisotopic (exact) mass is 344 g/mol. The molecule has 0 saturated heterocycles. The summed E-state index contributed by atoms with van der Waals surface area (Å²) < 4.78 is 5.84. The second-order valence-corrected chi connectivity index (χ2v) is 6.14. The average Bonchev–Trinajstić information content (AvgIpc) is 2.28. The molecule has 0 aliphatic carbocycles. The maximum atomic E-state index is 11.6. The number of hydrogen-bond acceptors (Lipinski definition) is 4. The fourth-order valence-electron chi connectivity index (χ4n) is 1.54. The highest BCUT2D eigenvalue weighted by atomic mass is 79.9. The zero-order valence-electron chi connectivity index (χ0n) is 11.8. The van der Waals surface area contributed by atoms with Crippen LogP contribution in [0.15, 0.2) is 16.6 Å². The van der Waals surface area contributed by atoms with Crippen LogP contribution in [-0.2, 0) is 11.3 Å². The molecule has 1 aromatic carbocycles. The van der Waals surface area contributed by atoms with Crippen LogP contribution in [0.25, 0.3) is 0 Å². The van der Waals surface area contributed by atoms with E-state index in [1.807, 2.05) is 0 Å². The number of benzene rings is 1. The number of amides is 1. The SMILES string of the molecule is Cc1cc([N+](=O)[O-])cc(CNC(=O)OC(C)(C)C)c1Br. The molecule has 0 unspecified atom stereocenters. The second-order valence-electron chi connectivity index (χ2n) is 5.35. The van der Waals surface area contributed by atoms with Crippen molar-refractivity contribution in [1.29, 1.82) is 0 Å². The van der Waals surface area contributed by atoms with Gasteiger partial charge in [0.05, 0.1) is 4.92 Å². The minimum atomic E-state index is -0.583. The molecule has 7 heteroatoms. The maximum absolute atomic E-state index is 11.6. The molecule has 0 spiro atoms. The molecule has 0 aromatic heterocycles.